The van der Waals surface area contributed by atoms with E-state index in [1.54, 1.807) is 6.07 Å². The van der Waals surface area contributed by atoms with Crippen molar-refractivity contribution in [2.45, 2.75) is 44.6 Å². The van der Waals surface area contributed by atoms with Crippen LogP contribution in [0.2, 0.25) is 0 Å². The lowest BCUT2D eigenvalue weighted by atomic mass is 9.96. The van der Waals surface area contributed by atoms with Crippen molar-refractivity contribution in [2.75, 3.05) is 51.3 Å². The Labute approximate surface area is 229 Å². The van der Waals surface area contributed by atoms with Crippen LogP contribution in [0.5, 0.6) is 0 Å². The third-order valence-electron chi connectivity index (χ3n) is 7.93. The van der Waals surface area contributed by atoms with Gasteiger partial charge < -0.3 is 14.5 Å². The Bertz CT molecular complexity index is 1260. The van der Waals surface area contributed by atoms with Crippen LogP contribution in [-0.2, 0) is 17.3 Å². The smallest absolute Gasteiger partial charge is 0.371 e. The highest BCUT2D eigenvalue weighted by Gasteiger charge is 2.33. The Hall–Kier alpha value is -2.94. The van der Waals surface area contributed by atoms with Crippen LogP contribution in [0.25, 0.3) is 0 Å². The molecule has 0 amide bonds. The van der Waals surface area contributed by atoms with E-state index in [1.807, 2.05) is 6.20 Å². The molecule has 3 aliphatic rings. The zero-order valence-electron chi connectivity index (χ0n) is 22.9. The number of rotatable bonds is 2. The maximum atomic E-state index is 12.7. The van der Waals surface area contributed by atoms with Gasteiger partial charge in [0.25, 0.3) is 0 Å². The average molecular weight is 539 g/mol. The Morgan fingerprint density at radius 2 is 1.72 bits per heavy atom. The molecule has 1 aromatic heterocycles. The molecule has 0 spiro atoms. The van der Waals surface area contributed by atoms with Gasteiger partial charge in [-0.3, -0.25) is 4.90 Å². The van der Waals surface area contributed by atoms with Gasteiger partial charge in [-0.25, -0.2) is 4.98 Å². The third-order valence-corrected chi connectivity index (χ3v) is 7.93. The molecule has 4 heterocycles. The minimum Gasteiger partial charge on any atom is -0.371 e. The summed E-state index contributed by atoms with van der Waals surface area (Å²) >= 11 is 0. The van der Waals surface area contributed by atoms with Gasteiger partial charge in [0.1, 0.15) is 5.82 Å². The minimum atomic E-state index is -4.30. The van der Waals surface area contributed by atoms with Crippen LogP contribution in [0, 0.1) is 0 Å². The molecule has 0 saturated carbocycles. The summed E-state index contributed by atoms with van der Waals surface area (Å²) in [7, 11) is 2.21. The predicted octanol–water partition coefficient (Wildman–Crippen LogP) is 5.97. The molecule has 0 radical (unpaired) electrons. The van der Waals surface area contributed by atoms with Gasteiger partial charge in [-0.05, 0) is 61.3 Å². The molecule has 0 N–H and O–H groups in total. The Morgan fingerprint density at radius 3 is 2.51 bits per heavy atom. The lowest BCUT2D eigenvalue weighted by molar-refractivity contribution is -0.137. The largest absolute Gasteiger partial charge is 0.416 e. The zero-order valence-corrected chi connectivity index (χ0v) is 22.9. The number of morpholine rings is 1. The number of hydrogen-bond donors (Lipinski definition) is 0. The summed E-state index contributed by atoms with van der Waals surface area (Å²) in [4.78, 5) is 11.8. The number of benzene rings is 2. The van der Waals surface area contributed by atoms with Gasteiger partial charge in [0.2, 0.25) is 0 Å². The number of fused-ring (bicyclic) bond motifs is 5. The molecule has 2 aromatic carbocycles. The van der Waals surface area contributed by atoms with E-state index in [2.05, 4.69) is 77.0 Å². The van der Waals surface area contributed by atoms with Gasteiger partial charge >= 0.3 is 6.18 Å². The van der Waals surface area contributed by atoms with E-state index in [0.29, 0.717) is 30.8 Å². The molecule has 2 atom stereocenters. The van der Waals surface area contributed by atoms with E-state index in [4.69, 9.17) is 4.74 Å². The maximum absolute atomic E-state index is 12.7. The van der Waals surface area contributed by atoms with Crippen molar-refractivity contribution >= 4 is 5.82 Å². The van der Waals surface area contributed by atoms with Crippen molar-refractivity contribution in [2.24, 2.45) is 0 Å². The number of alkyl halides is 3. The normalized spacial score (nSPS) is 21.8. The zero-order chi connectivity index (χ0) is 27.6. The predicted molar refractivity (Wildman–Crippen MR) is 148 cm³/mol. The van der Waals surface area contributed by atoms with Gasteiger partial charge in [-0.15, -0.1) is 0 Å². The second kappa shape index (κ2) is 11.7. The van der Waals surface area contributed by atoms with E-state index in [9.17, 15) is 13.2 Å². The van der Waals surface area contributed by atoms with E-state index >= 15 is 0 Å². The Morgan fingerprint density at radius 1 is 0.923 bits per heavy atom. The van der Waals surface area contributed by atoms with Gasteiger partial charge in [0, 0.05) is 51.4 Å². The average Bonchev–Trinajstić information content (AvgIpc) is 3.07. The van der Waals surface area contributed by atoms with Crippen LogP contribution in [0.15, 0.2) is 66.9 Å². The number of ether oxygens (including phenoxy) is 1. The van der Waals surface area contributed by atoms with Crippen LogP contribution < -0.4 is 4.90 Å². The number of halogens is 3. The van der Waals surface area contributed by atoms with Gasteiger partial charge in [0.05, 0.1) is 24.3 Å². The van der Waals surface area contributed by atoms with Crippen molar-refractivity contribution in [3.8, 4) is 0 Å². The quantitative estimate of drug-likeness (QED) is 0.402. The molecule has 8 heteroatoms. The lowest BCUT2D eigenvalue weighted by Gasteiger charge is -2.41. The summed E-state index contributed by atoms with van der Waals surface area (Å²) in [6.07, 6.45) is -1.67. The van der Waals surface area contributed by atoms with E-state index in [1.165, 1.54) is 34.6 Å². The monoisotopic (exact) mass is 538 g/mol. The second-order valence-corrected chi connectivity index (χ2v) is 10.9. The molecule has 6 rings (SSSR count). The van der Waals surface area contributed by atoms with Crippen molar-refractivity contribution in [3.05, 3.63) is 94.7 Å². The highest BCUT2D eigenvalue weighted by molar-refractivity contribution is 5.56. The number of aromatic nitrogens is 1. The highest BCUT2D eigenvalue weighted by Crippen LogP contribution is 2.37. The fourth-order valence-corrected chi connectivity index (χ4v) is 5.75. The number of anilines is 1. The molecular formula is C31H37F3N4O. The molecular weight excluding hydrogens is 501 g/mol. The number of hydrogen-bond acceptors (Lipinski definition) is 5. The molecule has 3 aliphatic heterocycles. The van der Waals surface area contributed by atoms with E-state index in [0.717, 1.165) is 38.7 Å². The van der Waals surface area contributed by atoms with Crippen molar-refractivity contribution < 1.29 is 17.9 Å². The van der Waals surface area contributed by atoms with Crippen molar-refractivity contribution in [1.82, 2.24) is 14.8 Å². The molecule has 0 bridgehead atoms. The van der Waals surface area contributed by atoms with E-state index < -0.39 is 11.7 Å². The summed E-state index contributed by atoms with van der Waals surface area (Å²) in [5, 5.41) is 0. The Balaban J connectivity index is 0.000000158. The summed E-state index contributed by atoms with van der Waals surface area (Å²) in [5.41, 5.74) is 4.25. The number of nitrogens with zero attached hydrogens (tertiary/aromatic N) is 4. The summed E-state index contributed by atoms with van der Waals surface area (Å²) < 4.78 is 43.7. The molecule has 39 heavy (non-hydrogen) atoms. The number of piperazine rings is 1. The fraction of sp³-hybridized carbons (Fsp3) is 0.452. The topological polar surface area (TPSA) is 31.8 Å². The summed E-state index contributed by atoms with van der Waals surface area (Å²) in [6.45, 7) is 9.41. The molecule has 2 fully saturated rings. The maximum Gasteiger partial charge on any atom is 0.416 e. The SMILES string of the molecule is CC(C)N1CCOC(c2cccc(C(F)(F)F)c2)C1.CN1CCN2c3ncccc3Cc3ccccc3C2C1. The first kappa shape index (κ1) is 27.6. The summed E-state index contributed by atoms with van der Waals surface area (Å²) in [6, 6.07) is 19.4. The van der Waals surface area contributed by atoms with Gasteiger partial charge in [0.15, 0.2) is 0 Å². The van der Waals surface area contributed by atoms with Crippen LogP contribution in [0.4, 0.5) is 19.0 Å². The standard InChI is InChI=1S/C17H19N3.C14H18F3NO/c1-19-9-10-20-16(12-19)15-7-3-2-5-13(15)11-14-6-4-8-18-17(14)20;1-10(2)18-6-7-19-13(9-18)11-4-3-5-12(8-11)14(15,16)17/h2-8,16H,9-12H2,1H3;3-5,8,10,13H,6-7,9H2,1-2H3. The molecule has 5 nitrogen and oxygen atoms in total. The van der Waals surface area contributed by atoms with Gasteiger partial charge in [-0.1, -0.05) is 42.5 Å². The van der Waals surface area contributed by atoms with Crippen LogP contribution in [0.1, 0.15) is 53.8 Å². The first-order valence-electron chi connectivity index (χ1n) is 13.7. The molecule has 0 aliphatic carbocycles. The third kappa shape index (κ3) is 6.29. The molecule has 208 valence electrons. The number of pyridine rings is 1. The van der Waals surface area contributed by atoms with Crippen LogP contribution in [-0.4, -0.2) is 67.2 Å². The summed E-state index contributed by atoms with van der Waals surface area (Å²) in [5.74, 6) is 1.18. The van der Waals surface area contributed by atoms with Crippen molar-refractivity contribution in [3.63, 3.8) is 0 Å². The first-order chi connectivity index (χ1) is 18.7. The van der Waals surface area contributed by atoms with Gasteiger partial charge in [-0.2, -0.15) is 13.2 Å². The Kier molecular flexibility index (Phi) is 8.26. The van der Waals surface area contributed by atoms with Crippen LogP contribution >= 0.6 is 0 Å². The van der Waals surface area contributed by atoms with E-state index in [-0.39, 0.29) is 6.10 Å². The first-order valence-corrected chi connectivity index (χ1v) is 13.7. The highest BCUT2D eigenvalue weighted by atomic mass is 19.4. The van der Waals surface area contributed by atoms with Crippen molar-refractivity contribution in [1.29, 1.82) is 0 Å². The minimum absolute atomic E-state index is 0.279. The molecule has 3 aromatic rings. The fourth-order valence-electron chi connectivity index (χ4n) is 5.75. The molecule has 2 unspecified atom stereocenters. The number of likely N-dealkylation sites (N-methyl/N-ethyl adjacent to an activating group) is 1. The lowest BCUT2D eigenvalue weighted by Crippen LogP contribution is -2.47. The second-order valence-electron chi connectivity index (χ2n) is 10.9. The van der Waals surface area contributed by atoms with Crippen LogP contribution in [0.3, 0.4) is 0 Å². The molecule has 2 saturated heterocycles.